The highest BCUT2D eigenvalue weighted by Gasteiger charge is 2.31. The normalized spacial score (nSPS) is 33.7. The van der Waals surface area contributed by atoms with Crippen molar-refractivity contribution in [3.8, 4) is 0 Å². The van der Waals surface area contributed by atoms with Crippen molar-refractivity contribution in [1.82, 2.24) is 10.0 Å². The molecule has 0 aromatic rings. The van der Waals surface area contributed by atoms with Crippen molar-refractivity contribution in [3.63, 3.8) is 0 Å². The van der Waals surface area contributed by atoms with Crippen molar-refractivity contribution < 1.29 is 13.2 Å². The van der Waals surface area contributed by atoms with Crippen molar-refractivity contribution >= 4 is 10.0 Å². The molecule has 0 spiro atoms. The Bertz CT molecular complexity index is 352. The second kappa shape index (κ2) is 6.32. The van der Waals surface area contributed by atoms with Crippen LogP contribution in [0.3, 0.4) is 0 Å². The lowest BCUT2D eigenvalue weighted by atomic mass is 10.0. The first-order chi connectivity index (χ1) is 8.61. The predicted octanol–water partition coefficient (Wildman–Crippen LogP) is 0.473. The topological polar surface area (TPSA) is 67.4 Å². The molecule has 3 unspecified atom stereocenters. The van der Waals surface area contributed by atoms with Crippen LogP contribution in [0.25, 0.3) is 0 Å². The highest BCUT2D eigenvalue weighted by molar-refractivity contribution is 7.89. The molecule has 1 heterocycles. The van der Waals surface area contributed by atoms with Gasteiger partial charge >= 0.3 is 0 Å². The molecule has 1 saturated heterocycles. The molecule has 0 radical (unpaired) electrons. The van der Waals surface area contributed by atoms with E-state index in [1.165, 1.54) is 0 Å². The van der Waals surface area contributed by atoms with Gasteiger partial charge in [0.2, 0.25) is 10.0 Å². The molecule has 2 rings (SSSR count). The Morgan fingerprint density at radius 2 is 2.11 bits per heavy atom. The van der Waals surface area contributed by atoms with E-state index in [4.69, 9.17) is 4.74 Å². The van der Waals surface area contributed by atoms with Gasteiger partial charge in [0, 0.05) is 13.2 Å². The fourth-order valence-electron chi connectivity index (χ4n) is 3.00. The van der Waals surface area contributed by atoms with Gasteiger partial charge in [-0.3, -0.25) is 0 Å². The lowest BCUT2D eigenvalue weighted by molar-refractivity contribution is 0.0916. The molecule has 0 aromatic carbocycles. The SMILES string of the molecule is COC1CCCC1NS(=O)(=O)CC1CCCNC1. The Balaban J connectivity index is 1.86. The van der Waals surface area contributed by atoms with Crippen molar-refractivity contribution in [1.29, 1.82) is 0 Å². The predicted molar refractivity (Wildman–Crippen MR) is 71.0 cm³/mol. The molecule has 18 heavy (non-hydrogen) atoms. The van der Waals surface area contributed by atoms with Gasteiger partial charge in [-0.1, -0.05) is 0 Å². The van der Waals surface area contributed by atoms with Crippen LogP contribution in [-0.4, -0.2) is 46.5 Å². The zero-order chi connectivity index (χ0) is 13.0. The van der Waals surface area contributed by atoms with Crippen LogP contribution in [0.2, 0.25) is 0 Å². The number of nitrogens with one attached hydrogen (secondary N) is 2. The highest BCUT2D eigenvalue weighted by Crippen LogP contribution is 2.22. The molecule has 2 aliphatic rings. The molecule has 2 N–H and O–H groups in total. The number of hydrogen-bond acceptors (Lipinski definition) is 4. The van der Waals surface area contributed by atoms with E-state index in [0.717, 1.165) is 45.2 Å². The fraction of sp³-hybridized carbons (Fsp3) is 1.00. The van der Waals surface area contributed by atoms with Gasteiger partial charge in [0.1, 0.15) is 0 Å². The molecule has 3 atom stereocenters. The molecular formula is C12H24N2O3S. The number of methoxy groups -OCH3 is 1. The first-order valence-corrected chi connectivity index (χ1v) is 8.49. The van der Waals surface area contributed by atoms with E-state index < -0.39 is 10.0 Å². The average molecular weight is 276 g/mol. The smallest absolute Gasteiger partial charge is 0.212 e. The summed E-state index contributed by atoms with van der Waals surface area (Å²) in [6, 6.07) is -0.0310. The first kappa shape index (κ1) is 14.2. The fourth-order valence-corrected chi connectivity index (χ4v) is 4.73. The highest BCUT2D eigenvalue weighted by atomic mass is 32.2. The largest absolute Gasteiger partial charge is 0.380 e. The van der Waals surface area contributed by atoms with Gasteiger partial charge in [0.15, 0.2) is 0 Å². The summed E-state index contributed by atoms with van der Waals surface area (Å²) in [7, 11) is -1.52. The number of rotatable bonds is 5. The minimum Gasteiger partial charge on any atom is -0.380 e. The zero-order valence-corrected chi connectivity index (χ0v) is 11.8. The summed E-state index contributed by atoms with van der Waals surface area (Å²) in [5, 5.41) is 3.25. The molecule has 2 fully saturated rings. The standard InChI is InChI=1S/C12H24N2O3S/c1-17-12-6-2-5-11(12)14-18(15,16)9-10-4-3-7-13-8-10/h10-14H,2-9H2,1H3. The summed E-state index contributed by atoms with van der Waals surface area (Å²) in [6.07, 6.45) is 5.01. The van der Waals surface area contributed by atoms with Gasteiger partial charge in [-0.2, -0.15) is 0 Å². The lowest BCUT2D eigenvalue weighted by Gasteiger charge is -2.25. The third-order valence-corrected chi connectivity index (χ3v) is 5.51. The van der Waals surface area contributed by atoms with E-state index in [1.54, 1.807) is 7.11 Å². The summed E-state index contributed by atoms with van der Waals surface area (Å²) < 4.78 is 32.4. The number of piperidine rings is 1. The molecule has 1 aliphatic heterocycles. The maximum Gasteiger partial charge on any atom is 0.212 e. The summed E-state index contributed by atoms with van der Waals surface area (Å²) in [6.45, 7) is 1.83. The Morgan fingerprint density at radius 1 is 1.28 bits per heavy atom. The van der Waals surface area contributed by atoms with Crippen LogP contribution in [0.1, 0.15) is 32.1 Å². The molecule has 0 amide bonds. The monoisotopic (exact) mass is 276 g/mol. The van der Waals surface area contributed by atoms with Crippen LogP contribution >= 0.6 is 0 Å². The molecule has 1 aliphatic carbocycles. The summed E-state index contributed by atoms with van der Waals surface area (Å²) in [5.74, 6) is 0.492. The third-order valence-electron chi connectivity index (χ3n) is 3.94. The van der Waals surface area contributed by atoms with Crippen molar-refractivity contribution in [2.45, 2.75) is 44.2 Å². The maximum atomic E-state index is 12.1. The zero-order valence-electron chi connectivity index (χ0n) is 11.0. The Labute approximate surface area is 110 Å². The van der Waals surface area contributed by atoms with Crippen molar-refractivity contribution in [2.75, 3.05) is 26.0 Å². The van der Waals surface area contributed by atoms with E-state index in [0.29, 0.717) is 0 Å². The lowest BCUT2D eigenvalue weighted by Crippen LogP contribution is -2.44. The number of hydrogen-bond donors (Lipinski definition) is 2. The van der Waals surface area contributed by atoms with E-state index >= 15 is 0 Å². The van der Waals surface area contributed by atoms with E-state index in [-0.39, 0.29) is 23.8 Å². The van der Waals surface area contributed by atoms with E-state index in [2.05, 4.69) is 10.0 Å². The van der Waals surface area contributed by atoms with Crippen LogP contribution in [0.4, 0.5) is 0 Å². The van der Waals surface area contributed by atoms with Crippen LogP contribution in [0.15, 0.2) is 0 Å². The second-order valence-corrected chi connectivity index (χ2v) is 7.22. The maximum absolute atomic E-state index is 12.1. The minimum atomic E-state index is -3.18. The Kier molecular flexibility index (Phi) is 5.00. The van der Waals surface area contributed by atoms with Crippen LogP contribution in [-0.2, 0) is 14.8 Å². The molecule has 106 valence electrons. The van der Waals surface area contributed by atoms with Crippen LogP contribution < -0.4 is 10.0 Å². The second-order valence-electron chi connectivity index (χ2n) is 5.42. The minimum absolute atomic E-state index is 0.0310. The molecule has 0 aromatic heterocycles. The molecule has 5 nitrogen and oxygen atoms in total. The first-order valence-electron chi connectivity index (χ1n) is 6.84. The van der Waals surface area contributed by atoms with Gasteiger partial charge in [0.05, 0.1) is 11.9 Å². The van der Waals surface area contributed by atoms with Crippen molar-refractivity contribution in [2.24, 2.45) is 5.92 Å². The van der Waals surface area contributed by atoms with Gasteiger partial charge in [-0.25, -0.2) is 13.1 Å². The van der Waals surface area contributed by atoms with Crippen LogP contribution in [0, 0.1) is 5.92 Å². The van der Waals surface area contributed by atoms with Crippen LogP contribution in [0.5, 0.6) is 0 Å². The van der Waals surface area contributed by atoms with Crippen molar-refractivity contribution in [3.05, 3.63) is 0 Å². The molecule has 0 bridgehead atoms. The molecular weight excluding hydrogens is 252 g/mol. The van der Waals surface area contributed by atoms with E-state index in [9.17, 15) is 8.42 Å². The van der Waals surface area contributed by atoms with Gasteiger partial charge in [0.25, 0.3) is 0 Å². The Morgan fingerprint density at radius 3 is 2.78 bits per heavy atom. The summed E-state index contributed by atoms with van der Waals surface area (Å²) in [5.41, 5.74) is 0. The number of ether oxygens (including phenoxy) is 1. The Hall–Kier alpha value is -0.170. The van der Waals surface area contributed by atoms with E-state index in [1.807, 2.05) is 0 Å². The average Bonchev–Trinajstić information content (AvgIpc) is 2.76. The third kappa shape index (κ3) is 3.91. The van der Waals surface area contributed by atoms with Gasteiger partial charge < -0.3 is 10.1 Å². The summed E-state index contributed by atoms with van der Waals surface area (Å²) >= 11 is 0. The summed E-state index contributed by atoms with van der Waals surface area (Å²) in [4.78, 5) is 0. The van der Waals surface area contributed by atoms with Gasteiger partial charge in [-0.05, 0) is 51.1 Å². The molecule has 1 saturated carbocycles. The van der Waals surface area contributed by atoms with Gasteiger partial charge in [-0.15, -0.1) is 0 Å². The quantitative estimate of drug-likeness (QED) is 0.766. The number of sulfonamides is 1. The molecule has 6 heteroatoms.